The van der Waals surface area contributed by atoms with Gasteiger partial charge in [0, 0.05) is 18.6 Å². The Labute approximate surface area is 202 Å². The largest absolute Gasteiger partial charge is 0.481 e. The summed E-state index contributed by atoms with van der Waals surface area (Å²) < 4.78 is 0. The molecule has 3 nitrogen and oxygen atoms in total. The number of aliphatic carboxylic acids is 1. The van der Waals surface area contributed by atoms with Gasteiger partial charge in [-0.25, -0.2) is 0 Å². The molecule has 0 aliphatic rings. The molecule has 0 saturated heterocycles. The van der Waals surface area contributed by atoms with E-state index in [2.05, 4.69) is 85.5 Å². The summed E-state index contributed by atoms with van der Waals surface area (Å²) >= 11 is 0. The summed E-state index contributed by atoms with van der Waals surface area (Å²) in [4.78, 5) is 14.4. The standard InChI is InChI=1S/C31H31NO2/c1-23-16-18-27(19-17-23)28-14-9-15-29(20-28)30(21-31(33)34)32(22-25-10-5-3-6-11-25)24(2)26-12-7-4-8-13-26/h3-20,24,30H,21-22H2,1-2H3,(H,33,34)/t24-,30+/m1/s1. The van der Waals surface area contributed by atoms with Crippen LogP contribution in [-0.2, 0) is 11.3 Å². The van der Waals surface area contributed by atoms with E-state index in [1.807, 2.05) is 42.5 Å². The van der Waals surface area contributed by atoms with Crippen molar-refractivity contribution in [3.05, 3.63) is 131 Å². The molecule has 3 heteroatoms. The van der Waals surface area contributed by atoms with Crippen LogP contribution in [0, 0.1) is 6.92 Å². The molecular formula is C31H31NO2. The Morgan fingerprint density at radius 2 is 1.38 bits per heavy atom. The maximum Gasteiger partial charge on any atom is 0.305 e. The zero-order valence-corrected chi connectivity index (χ0v) is 19.8. The second-order valence-corrected chi connectivity index (χ2v) is 8.85. The summed E-state index contributed by atoms with van der Waals surface area (Å²) in [6.45, 7) is 4.90. The Morgan fingerprint density at radius 1 is 0.765 bits per heavy atom. The van der Waals surface area contributed by atoms with E-state index in [4.69, 9.17) is 0 Å². The minimum Gasteiger partial charge on any atom is -0.481 e. The molecule has 34 heavy (non-hydrogen) atoms. The normalized spacial score (nSPS) is 12.9. The van der Waals surface area contributed by atoms with Gasteiger partial charge in [-0.1, -0.05) is 109 Å². The lowest BCUT2D eigenvalue weighted by molar-refractivity contribution is -0.138. The summed E-state index contributed by atoms with van der Waals surface area (Å²) in [6.07, 6.45) is 0.0291. The molecule has 4 aromatic carbocycles. The van der Waals surface area contributed by atoms with E-state index in [0.717, 1.165) is 22.3 Å². The number of hydrogen-bond donors (Lipinski definition) is 1. The fourth-order valence-electron chi connectivity index (χ4n) is 4.50. The van der Waals surface area contributed by atoms with Crippen LogP contribution in [0.2, 0.25) is 0 Å². The van der Waals surface area contributed by atoms with E-state index in [0.29, 0.717) is 6.54 Å². The van der Waals surface area contributed by atoms with Gasteiger partial charge in [0.15, 0.2) is 0 Å². The third kappa shape index (κ3) is 5.81. The van der Waals surface area contributed by atoms with Gasteiger partial charge in [-0.05, 0) is 47.7 Å². The van der Waals surface area contributed by atoms with E-state index >= 15 is 0 Å². The zero-order chi connectivity index (χ0) is 23.9. The van der Waals surface area contributed by atoms with Gasteiger partial charge in [-0.3, -0.25) is 9.69 Å². The van der Waals surface area contributed by atoms with Gasteiger partial charge in [0.2, 0.25) is 0 Å². The van der Waals surface area contributed by atoms with Crippen molar-refractivity contribution in [2.45, 2.75) is 38.9 Å². The molecular weight excluding hydrogens is 418 g/mol. The maximum atomic E-state index is 12.1. The number of rotatable bonds is 9. The van der Waals surface area contributed by atoms with Gasteiger partial charge in [-0.2, -0.15) is 0 Å². The Balaban J connectivity index is 1.77. The Bertz CT molecular complexity index is 1200. The molecule has 1 N–H and O–H groups in total. The quantitative estimate of drug-likeness (QED) is 0.289. The van der Waals surface area contributed by atoms with Crippen LogP contribution in [0.15, 0.2) is 109 Å². The van der Waals surface area contributed by atoms with Gasteiger partial charge in [-0.15, -0.1) is 0 Å². The van der Waals surface area contributed by atoms with Crippen molar-refractivity contribution in [1.29, 1.82) is 0 Å². The van der Waals surface area contributed by atoms with E-state index in [1.54, 1.807) is 0 Å². The highest BCUT2D eigenvalue weighted by molar-refractivity contribution is 5.69. The van der Waals surface area contributed by atoms with Crippen molar-refractivity contribution in [2.75, 3.05) is 0 Å². The van der Waals surface area contributed by atoms with Crippen molar-refractivity contribution < 1.29 is 9.90 Å². The predicted octanol–water partition coefficient (Wildman–Crippen LogP) is 7.44. The highest BCUT2D eigenvalue weighted by Gasteiger charge is 2.28. The molecule has 0 heterocycles. The topological polar surface area (TPSA) is 40.5 Å². The number of hydrogen-bond acceptors (Lipinski definition) is 2. The van der Waals surface area contributed by atoms with Gasteiger partial charge >= 0.3 is 5.97 Å². The van der Waals surface area contributed by atoms with E-state index in [1.165, 1.54) is 11.1 Å². The fourth-order valence-corrected chi connectivity index (χ4v) is 4.50. The molecule has 4 rings (SSSR count). The molecule has 172 valence electrons. The molecule has 0 saturated carbocycles. The van der Waals surface area contributed by atoms with E-state index in [-0.39, 0.29) is 18.5 Å². The Morgan fingerprint density at radius 3 is 2.03 bits per heavy atom. The molecule has 0 spiro atoms. The molecule has 0 bridgehead atoms. The van der Waals surface area contributed by atoms with Crippen molar-refractivity contribution in [1.82, 2.24) is 4.90 Å². The minimum absolute atomic E-state index is 0.0291. The molecule has 0 aromatic heterocycles. The second-order valence-electron chi connectivity index (χ2n) is 8.85. The van der Waals surface area contributed by atoms with Crippen LogP contribution in [0.4, 0.5) is 0 Å². The highest BCUT2D eigenvalue weighted by Crippen LogP contribution is 2.36. The number of aryl methyl sites for hydroxylation is 1. The summed E-state index contributed by atoms with van der Waals surface area (Å²) in [5.41, 5.74) is 6.79. The number of carbonyl (C=O) groups is 1. The monoisotopic (exact) mass is 449 g/mol. The zero-order valence-electron chi connectivity index (χ0n) is 19.8. The first-order valence-corrected chi connectivity index (χ1v) is 11.7. The number of carboxylic acids is 1. The minimum atomic E-state index is -0.802. The molecule has 0 unspecified atom stereocenters. The second kappa shape index (κ2) is 11.0. The third-order valence-electron chi connectivity index (χ3n) is 6.41. The molecule has 2 atom stereocenters. The lowest BCUT2D eigenvalue weighted by Crippen LogP contribution is -2.32. The average Bonchev–Trinajstić information content (AvgIpc) is 2.87. The molecule has 0 aliphatic carbocycles. The molecule has 0 aliphatic heterocycles. The number of carboxylic acid groups (broad SMARTS) is 1. The summed E-state index contributed by atoms with van der Waals surface area (Å²) in [7, 11) is 0. The van der Waals surface area contributed by atoms with Crippen molar-refractivity contribution in [3.63, 3.8) is 0 Å². The van der Waals surface area contributed by atoms with Crippen LogP contribution in [0.1, 0.15) is 47.7 Å². The highest BCUT2D eigenvalue weighted by atomic mass is 16.4. The number of benzene rings is 4. The van der Waals surface area contributed by atoms with Gasteiger partial charge in [0.25, 0.3) is 0 Å². The van der Waals surface area contributed by atoms with E-state index < -0.39 is 5.97 Å². The Kier molecular flexibility index (Phi) is 7.56. The first kappa shape index (κ1) is 23.5. The Hall–Kier alpha value is -3.69. The van der Waals surface area contributed by atoms with Crippen LogP contribution < -0.4 is 0 Å². The third-order valence-corrected chi connectivity index (χ3v) is 6.41. The smallest absolute Gasteiger partial charge is 0.305 e. The van der Waals surface area contributed by atoms with Crippen LogP contribution in [0.5, 0.6) is 0 Å². The average molecular weight is 450 g/mol. The predicted molar refractivity (Wildman–Crippen MR) is 138 cm³/mol. The molecule has 0 amide bonds. The summed E-state index contributed by atoms with van der Waals surface area (Å²) in [5, 5.41) is 9.90. The van der Waals surface area contributed by atoms with E-state index in [9.17, 15) is 9.90 Å². The van der Waals surface area contributed by atoms with Gasteiger partial charge in [0.05, 0.1) is 6.42 Å². The first-order chi connectivity index (χ1) is 16.5. The summed E-state index contributed by atoms with van der Waals surface area (Å²) in [5.74, 6) is -0.802. The van der Waals surface area contributed by atoms with Crippen LogP contribution >= 0.6 is 0 Å². The van der Waals surface area contributed by atoms with Crippen LogP contribution in [-0.4, -0.2) is 16.0 Å². The SMILES string of the molecule is Cc1ccc(-c2cccc([C@H](CC(=O)O)N(Cc3ccccc3)[C@H](C)c3ccccc3)c2)cc1. The lowest BCUT2D eigenvalue weighted by atomic mass is 9.94. The summed E-state index contributed by atoms with van der Waals surface area (Å²) in [6, 6.07) is 37.1. The van der Waals surface area contributed by atoms with Crippen molar-refractivity contribution >= 4 is 5.97 Å². The van der Waals surface area contributed by atoms with Crippen molar-refractivity contribution in [3.8, 4) is 11.1 Å². The van der Waals surface area contributed by atoms with Gasteiger partial charge < -0.3 is 5.11 Å². The lowest BCUT2D eigenvalue weighted by Gasteiger charge is -2.37. The van der Waals surface area contributed by atoms with Crippen molar-refractivity contribution in [2.24, 2.45) is 0 Å². The maximum absolute atomic E-state index is 12.1. The molecule has 0 radical (unpaired) electrons. The van der Waals surface area contributed by atoms with Crippen LogP contribution in [0.3, 0.4) is 0 Å². The number of nitrogens with zero attached hydrogens (tertiary/aromatic N) is 1. The molecule has 4 aromatic rings. The van der Waals surface area contributed by atoms with Gasteiger partial charge in [0.1, 0.15) is 0 Å². The fraction of sp³-hybridized carbons (Fsp3) is 0.194. The molecule has 0 fully saturated rings. The van der Waals surface area contributed by atoms with Crippen LogP contribution in [0.25, 0.3) is 11.1 Å². The first-order valence-electron chi connectivity index (χ1n) is 11.7.